The predicted octanol–water partition coefficient (Wildman–Crippen LogP) is 5.47. The molecule has 3 aromatic rings. The molecule has 0 unspecified atom stereocenters. The molecule has 0 saturated carbocycles. The largest absolute Gasteiger partial charge is 0.334 e. The lowest BCUT2D eigenvalue weighted by atomic mass is 10.1. The van der Waals surface area contributed by atoms with Crippen LogP contribution < -0.4 is 10.6 Å². The first kappa shape index (κ1) is 17.1. The van der Waals surface area contributed by atoms with Crippen LogP contribution in [0.3, 0.4) is 0 Å². The summed E-state index contributed by atoms with van der Waals surface area (Å²) in [7, 11) is 0. The number of amides is 2. The molecule has 3 nitrogen and oxygen atoms in total. The third-order valence-electron chi connectivity index (χ3n) is 3.81. The van der Waals surface area contributed by atoms with Crippen LogP contribution in [0.2, 0.25) is 0 Å². The monoisotopic (exact) mass is 348 g/mol. The van der Waals surface area contributed by atoms with Crippen molar-refractivity contribution in [1.82, 2.24) is 5.32 Å². The Labute approximate surface area is 152 Å². The molecule has 0 aromatic heterocycles. The van der Waals surface area contributed by atoms with E-state index < -0.39 is 0 Å². The topological polar surface area (TPSA) is 41.1 Å². The molecular formula is C21H20N2OS. The van der Waals surface area contributed by atoms with Gasteiger partial charge in [-0.2, -0.15) is 0 Å². The molecule has 0 aliphatic heterocycles. The van der Waals surface area contributed by atoms with Gasteiger partial charge in [0.25, 0.3) is 0 Å². The van der Waals surface area contributed by atoms with E-state index >= 15 is 0 Å². The minimum atomic E-state index is -0.204. The first-order valence-electron chi connectivity index (χ1n) is 8.13. The summed E-state index contributed by atoms with van der Waals surface area (Å²) in [6.45, 7) is 2.55. The van der Waals surface area contributed by atoms with E-state index in [1.807, 2.05) is 73.7 Å². The number of hydrogen-bond acceptors (Lipinski definition) is 2. The van der Waals surface area contributed by atoms with Crippen LogP contribution in [0.4, 0.5) is 10.5 Å². The van der Waals surface area contributed by atoms with E-state index in [2.05, 4.69) is 22.8 Å². The maximum atomic E-state index is 12.3. The van der Waals surface area contributed by atoms with Crippen LogP contribution in [0, 0.1) is 6.92 Å². The number of anilines is 1. The van der Waals surface area contributed by atoms with E-state index in [0.717, 1.165) is 21.0 Å². The summed E-state index contributed by atoms with van der Waals surface area (Å²) in [5.74, 6) is 0. The van der Waals surface area contributed by atoms with E-state index in [4.69, 9.17) is 0 Å². The van der Waals surface area contributed by atoms with Crippen molar-refractivity contribution in [3.05, 3.63) is 90.0 Å². The summed E-state index contributed by atoms with van der Waals surface area (Å²) in [6.07, 6.45) is 0. The van der Waals surface area contributed by atoms with Gasteiger partial charge in [0.15, 0.2) is 0 Å². The molecule has 0 bridgehead atoms. The van der Waals surface area contributed by atoms with Gasteiger partial charge in [-0.25, -0.2) is 4.79 Å². The Morgan fingerprint density at radius 3 is 2.36 bits per heavy atom. The molecule has 3 rings (SSSR count). The summed E-state index contributed by atoms with van der Waals surface area (Å²) >= 11 is 1.63. The van der Waals surface area contributed by atoms with E-state index in [-0.39, 0.29) is 6.03 Å². The Balaban J connectivity index is 1.64. The van der Waals surface area contributed by atoms with Gasteiger partial charge in [0.05, 0.1) is 5.69 Å². The zero-order valence-electron chi connectivity index (χ0n) is 14.0. The van der Waals surface area contributed by atoms with E-state index in [1.54, 1.807) is 11.8 Å². The fourth-order valence-corrected chi connectivity index (χ4v) is 3.35. The highest BCUT2D eigenvalue weighted by Gasteiger charge is 2.08. The van der Waals surface area contributed by atoms with Gasteiger partial charge in [-0.05, 0) is 42.3 Å². The quantitative estimate of drug-likeness (QED) is 0.642. The molecule has 3 aromatic carbocycles. The van der Waals surface area contributed by atoms with Crippen molar-refractivity contribution in [3.63, 3.8) is 0 Å². The Morgan fingerprint density at radius 2 is 1.56 bits per heavy atom. The lowest BCUT2D eigenvalue weighted by molar-refractivity contribution is 0.251. The SMILES string of the molecule is Cc1ccccc1CNC(=O)Nc1ccccc1Sc1ccccc1. The van der Waals surface area contributed by atoms with Crippen LogP contribution in [0.15, 0.2) is 88.7 Å². The van der Waals surface area contributed by atoms with Crippen molar-refractivity contribution in [2.75, 3.05) is 5.32 Å². The molecule has 25 heavy (non-hydrogen) atoms. The molecule has 4 heteroatoms. The van der Waals surface area contributed by atoms with E-state index in [9.17, 15) is 4.79 Å². The fraction of sp³-hybridized carbons (Fsp3) is 0.0952. The molecule has 0 spiro atoms. The minimum absolute atomic E-state index is 0.204. The van der Waals surface area contributed by atoms with Gasteiger partial charge in [-0.3, -0.25) is 0 Å². The van der Waals surface area contributed by atoms with Crippen molar-refractivity contribution in [2.45, 2.75) is 23.3 Å². The number of urea groups is 1. The molecule has 0 aliphatic carbocycles. The van der Waals surface area contributed by atoms with Crippen LogP contribution in [0.25, 0.3) is 0 Å². The predicted molar refractivity (Wildman–Crippen MR) is 104 cm³/mol. The van der Waals surface area contributed by atoms with E-state index in [0.29, 0.717) is 6.54 Å². The van der Waals surface area contributed by atoms with Gasteiger partial charge < -0.3 is 10.6 Å². The number of nitrogens with one attached hydrogen (secondary N) is 2. The Bertz CT molecular complexity index is 849. The van der Waals surface area contributed by atoms with Gasteiger partial charge in [-0.15, -0.1) is 0 Å². The summed E-state index contributed by atoms with van der Waals surface area (Å²) in [5, 5.41) is 5.87. The molecule has 0 heterocycles. The second kappa shape index (κ2) is 8.40. The van der Waals surface area contributed by atoms with Gasteiger partial charge in [0.1, 0.15) is 0 Å². The van der Waals surface area contributed by atoms with Crippen LogP contribution >= 0.6 is 11.8 Å². The van der Waals surface area contributed by atoms with Crippen LogP contribution in [0.1, 0.15) is 11.1 Å². The average Bonchev–Trinajstić information content (AvgIpc) is 2.64. The molecule has 0 atom stereocenters. The molecule has 2 amide bonds. The Hall–Kier alpha value is -2.72. The molecular weight excluding hydrogens is 328 g/mol. The fourth-order valence-electron chi connectivity index (χ4n) is 2.42. The van der Waals surface area contributed by atoms with Crippen LogP contribution in [0.5, 0.6) is 0 Å². The number of hydrogen-bond donors (Lipinski definition) is 2. The van der Waals surface area contributed by atoms with Crippen molar-refractivity contribution >= 4 is 23.5 Å². The highest BCUT2D eigenvalue weighted by Crippen LogP contribution is 2.33. The summed E-state index contributed by atoms with van der Waals surface area (Å²) in [5.41, 5.74) is 3.09. The first-order chi connectivity index (χ1) is 12.2. The number of para-hydroxylation sites is 1. The molecule has 0 saturated heterocycles. The van der Waals surface area contributed by atoms with Crippen LogP contribution in [-0.2, 0) is 6.54 Å². The molecule has 2 N–H and O–H groups in total. The van der Waals surface area contributed by atoms with Gasteiger partial charge in [-0.1, -0.05) is 66.4 Å². The maximum Gasteiger partial charge on any atom is 0.319 e. The van der Waals surface area contributed by atoms with Crippen molar-refractivity contribution in [3.8, 4) is 0 Å². The highest BCUT2D eigenvalue weighted by molar-refractivity contribution is 7.99. The van der Waals surface area contributed by atoms with Gasteiger partial charge >= 0.3 is 6.03 Å². The zero-order chi connectivity index (χ0) is 17.5. The maximum absolute atomic E-state index is 12.3. The summed E-state index contributed by atoms with van der Waals surface area (Å²) in [4.78, 5) is 14.4. The smallest absolute Gasteiger partial charge is 0.319 e. The normalized spacial score (nSPS) is 10.3. The van der Waals surface area contributed by atoms with Gasteiger partial charge in [0.2, 0.25) is 0 Å². The molecule has 126 valence electrons. The minimum Gasteiger partial charge on any atom is -0.334 e. The number of carbonyl (C=O) groups excluding carboxylic acids is 1. The standard InChI is InChI=1S/C21H20N2OS/c1-16-9-5-6-10-17(16)15-22-21(24)23-19-13-7-8-14-20(19)25-18-11-3-2-4-12-18/h2-14H,15H2,1H3,(H2,22,23,24). The second-order valence-corrected chi connectivity index (χ2v) is 6.76. The van der Waals surface area contributed by atoms with E-state index in [1.165, 1.54) is 5.56 Å². The average molecular weight is 348 g/mol. The molecule has 0 radical (unpaired) electrons. The Morgan fingerprint density at radius 1 is 0.880 bits per heavy atom. The first-order valence-corrected chi connectivity index (χ1v) is 8.95. The number of benzene rings is 3. The second-order valence-electron chi connectivity index (χ2n) is 5.65. The van der Waals surface area contributed by atoms with Crippen molar-refractivity contribution < 1.29 is 4.79 Å². The Kier molecular flexibility index (Phi) is 5.75. The lowest BCUT2D eigenvalue weighted by Gasteiger charge is -2.12. The van der Waals surface area contributed by atoms with Crippen molar-refractivity contribution in [2.24, 2.45) is 0 Å². The number of rotatable bonds is 5. The summed E-state index contributed by atoms with van der Waals surface area (Å²) < 4.78 is 0. The number of carbonyl (C=O) groups is 1. The zero-order valence-corrected chi connectivity index (χ0v) is 14.8. The molecule has 0 aliphatic rings. The highest BCUT2D eigenvalue weighted by atomic mass is 32.2. The third-order valence-corrected chi connectivity index (χ3v) is 4.89. The number of aryl methyl sites for hydroxylation is 1. The molecule has 0 fully saturated rings. The third kappa shape index (κ3) is 4.88. The van der Waals surface area contributed by atoms with Crippen LogP contribution in [-0.4, -0.2) is 6.03 Å². The summed E-state index contributed by atoms with van der Waals surface area (Å²) in [6, 6.07) is 25.8. The van der Waals surface area contributed by atoms with Crippen molar-refractivity contribution in [1.29, 1.82) is 0 Å². The lowest BCUT2D eigenvalue weighted by Crippen LogP contribution is -2.28. The van der Waals surface area contributed by atoms with Gasteiger partial charge in [0, 0.05) is 16.3 Å².